The lowest BCUT2D eigenvalue weighted by molar-refractivity contribution is 0.675. The first-order valence-electron chi connectivity index (χ1n) is 6.32. The molecule has 0 spiro atoms. The second-order valence-electron chi connectivity index (χ2n) is 4.56. The quantitative estimate of drug-likeness (QED) is 0.874. The lowest BCUT2D eigenvalue weighted by atomic mass is 10.2. The molecule has 4 heteroatoms. The molecule has 0 aliphatic carbocycles. The first-order chi connectivity index (χ1) is 8.69. The van der Waals surface area contributed by atoms with Crippen molar-refractivity contribution in [2.75, 3.05) is 0 Å². The van der Waals surface area contributed by atoms with Gasteiger partial charge in [0, 0.05) is 38.1 Å². The summed E-state index contributed by atoms with van der Waals surface area (Å²) in [7, 11) is 1.96. The molecular weight excluding hydrogens is 224 g/mol. The van der Waals surface area contributed by atoms with Gasteiger partial charge in [-0.2, -0.15) is 5.10 Å². The van der Waals surface area contributed by atoms with E-state index in [0.717, 1.165) is 25.2 Å². The van der Waals surface area contributed by atoms with Gasteiger partial charge in [-0.05, 0) is 25.0 Å². The fourth-order valence-electron chi connectivity index (χ4n) is 1.96. The fraction of sp³-hybridized carbons (Fsp3) is 0.429. The van der Waals surface area contributed by atoms with Gasteiger partial charge in [-0.15, -0.1) is 0 Å². The Morgan fingerprint density at radius 2 is 2.11 bits per heavy atom. The van der Waals surface area contributed by atoms with E-state index in [0.29, 0.717) is 0 Å². The third-order valence-electron chi connectivity index (χ3n) is 2.92. The molecule has 0 unspecified atom stereocenters. The average molecular weight is 244 g/mol. The molecule has 0 amide bonds. The summed E-state index contributed by atoms with van der Waals surface area (Å²) in [6.45, 7) is 5.81. The highest BCUT2D eigenvalue weighted by molar-refractivity contribution is 5.17. The van der Waals surface area contributed by atoms with E-state index >= 15 is 0 Å². The molecule has 0 saturated heterocycles. The largest absolute Gasteiger partial charge is 0.307 e. The molecule has 4 nitrogen and oxygen atoms in total. The molecule has 0 radical (unpaired) electrons. The second-order valence-corrected chi connectivity index (χ2v) is 4.56. The van der Waals surface area contributed by atoms with E-state index in [9.17, 15) is 0 Å². The molecule has 2 aromatic heterocycles. The Hall–Kier alpha value is -1.68. The van der Waals surface area contributed by atoms with Crippen LogP contribution in [-0.2, 0) is 26.6 Å². The summed E-state index contributed by atoms with van der Waals surface area (Å²) in [6.07, 6.45) is 4.95. The van der Waals surface area contributed by atoms with Crippen LogP contribution in [0.25, 0.3) is 0 Å². The predicted molar refractivity (Wildman–Crippen MR) is 72.1 cm³/mol. The first kappa shape index (κ1) is 12.8. The van der Waals surface area contributed by atoms with Crippen molar-refractivity contribution >= 4 is 0 Å². The van der Waals surface area contributed by atoms with E-state index in [1.54, 1.807) is 0 Å². The Balaban J connectivity index is 1.90. The van der Waals surface area contributed by atoms with Gasteiger partial charge in [0.2, 0.25) is 0 Å². The number of nitrogens with one attached hydrogen (secondary N) is 1. The number of aromatic nitrogens is 3. The molecule has 1 N–H and O–H groups in total. The van der Waals surface area contributed by atoms with Crippen LogP contribution in [0, 0.1) is 6.92 Å². The number of rotatable bonds is 5. The van der Waals surface area contributed by atoms with Crippen LogP contribution in [0.1, 0.15) is 29.4 Å². The van der Waals surface area contributed by atoms with Crippen LogP contribution in [-0.4, -0.2) is 14.8 Å². The van der Waals surface area contributed by atoms with Crippen molar-refractivity contribution in [3.05, 3.63) is 47.0 Å². The molecule has 0 bridgehead atoms. The Labute approximate surface area is 108 Å². The number of aryl methyl sites for hydroxylation is 3. The van der Waals surface area contributed by atoms with Crippen LogP contribution in [0.3, 0.4) is 0 Å². The molecule has 0 aliphatic rings. The normalized spacial score (nSPS) is 10.8. The van der Waals surface area contributed by atoms with Gasteiger partial charge in [0.05, 0.1) is 11.4 Å². The summed E-state index contributed by atoms with van der Waals surface area (Å²) in [5.74, 6) is 0. The molecule has 0 saturated carbocycles. The van der Waals surface area contributed by atoms with Gasteiger partial charge in [0.25, 0.3) is 0 Å². The molecule has 0 fully saturated rings. The minimum absolute atomic E-state index is 0.790. The Bertz CT molecular complexity index is 499. The molecule has 0 atom stereocenters. The highest BCUT2D eigenvalue weighted by Crippen LogP contribution is 2.07. The summed E-state index contributed by atoms with van der Waals surface area (Å²) >= 11 is 0. The average Bonchev–Trinajstić information content (AvgIpc) is 2.72. The van der Waals surface area contributed by atoms with E-state index in [2.05, 4.69) is 40.7 Å². The zero-order valence-electron chi connectivity index (χ0n) is 11.3. The molecule has 96 valence electrons. The number of hydrogen-bond acceptors (Lipinski definition) is 3. The summed E-state index contributed by atoms with van der Waals surface area (Å²) in [4.78, 5) is 4.37. The first-order valence-corrected chi connectivity index (χ1v) is 6.32. The summed E-state index contributed by atoms with van der Waals surface area (Å²) in [5, 5.41) is 7.84. The van der Waals surface area contributed by atoms with Gasteiger partial charge >= 0.3 is 0 Å². The summed E-state index contributed by atoms with van der Waals surface area (Å²) in [5.41, 5.74) is 4.70. The topological polar surface area (TPSA) is 42.7 Å². The van der Waals surface area contributed by atoms with E-state index in [-0.39, 0.29) is 0 Å². The molecule has 2 rings (SSSR count). The van der Waals surface area contributed by atoms with E-state index in [1.807, 2.05) is 24.9 Å². The van der Waals surface area contributed by atoms with E-state index in [4.69, 9.17) is 0 Å². The zero-order chi connectivity index (χ0) is 13.0. The van der Waals surface area contributed by atoms with Crippen molar-refractivity contribution in [3.63, 3.8) is 0 Å². The zero-order valence-corrected chi connectivity index (χ0v) is 11.3. The van der Waals surface area contributed by atoms with Gasteiger partial charge in [0.15, 0.2) is 0 Å². The Morgan fingerprint density at radius 3 is 2.78 bits per heavy atom. The standard InChI is InChI=1S/C14H20N4/c1-4-14-12(10-18(3)17-14)8-15-9-13-6-5-11(2)7-16-13/h5-7,10,15H,4,8-9H2,1-3H3. The highest BCUT2D eigenvalue weighted by atomic mass is 15.3. The van der Waals surface area contributed by atoms with Gasteiger partial charge in [-0.1, -0.05) is 13.0 Å². The molecule has 2 aromatic rings. The lowest BCUT2D eigenvalue weighted by Gasteiger charge is -2.04. The molecular formula is C14H20N4. The van der Waals surface area contributed by atoms with Gasteiger partial charge in [-0.25, -0.2) is 0 Å². The molecule has 0 aliphatic heterocycles. The predicted octanol–water partition coefficient (Wildman–Crippen LogP) is 1.98. The Kier molecular flexibility index (Phi) is 4.10. The Morgan fingerprint density at radius 1 is 1.28 bits per heavy atom. The minimum Gasteiger partial charge on any atom is -0.307 e. The van der Waals surface area contributed by atoms with Crippen LogP contribution >= 0.6 is 0 Å². The van der Waals surface area contributed by atoms with Gasteiger partial charge in [-0.3, -0.25) is 9.67 Å². The number of pyridine rings is 1. The van der Waals surface area contributed by atoms with Crippen molar-refractivity contribution in [2.45, 2.75) is 33.4 Å². The van der Waals surface area contributed by atoms with Crippen molar-refractivity contribution < 1.29 is 0 Å². The monoisotopic (exact) mass is 244 g/mol. The fourth-order valence-corrected chi connectivity index (χ4v) is 1.96. The van der Waals surface area contributed by atoms with Crippen molar-refractivity contribution in [2.24, 2.45) is 7.05 Å². The third-order valence-corrected chi connectivity index (χ3v) is 2.92. The highest BCUT2D eigenvalue weighted by Gasteiger charge is 2.05. The smallest absolute Gasteiger partial charge is 0.0666 e. The van der Waals surface area contributed by atoms with Crippen LogP contribution < -0.4 is 5.32 Å². The van der Waals surface area contributed by atoms with Crippen LogP contribution in [0.4, 0.5) is 0 Å². The van der Waals surface area contributed by atoms with Crippen LogP contribution in [0.5, 0.6) is 0 Å². The maximum absolute atomic E-state index is 4.43. The van der Waals surface area contributed by atoms with E-state index < -0.39 is 0 Å². The molecule has 2 heterocycles. The maximum atomic E-state index is 4.43. The lowest BCUT2D eigenvalue weighted by Crippen LogP contribution is -2.14. The summed E-state index contributed by atoms with van der Waals surface area (Å²) in [6, 6.07) is 4.15. The molecule has 0 aromatic carbocycles. The third kappa shape index (κ3) is 3.17. The second kappa shape index (κ2) is 5.78. The summed E-state index contributed by atoms with van der Waals surface area (Å²) < 4.78 is 1.87. The number of nitrogens with zero attached hydrogens (tertiary/aromatic N) is 3. The van der Waals surface area contributed by atoms with Gasteiger partial charge < -0.3 is 5.32 Å². The van der Waals surface area contributed by atoms with Crippen molar-refractivity contribution in [1.29, 1.82) is 0 Å². The number of hydrogen-bond donors (Lipinski definition) is 1. The van der Waals surface area contributed by atoms with Crippen molar-refractivity contribution in [1.82, 2.24) is 20.1 Å². The minimum atomic E-state index is 0.790. The van der Waals surface area contributed by atoms with E-state index in [1.165, 1.54) is 16.8 Å². The molecule has 18 heavy (non-hydrogen) atoms. The van der Waals surface area contributed by atoms with Crippen molar-refractivity contribution in [3.8, 4) is 0 Å². The van der Waals surface area contributed by atoms with Crippen LogP contribution in [0.15, 0.2) is 24.5 Å². The van der Waals surface area contributed by atoms with Crippen LogP contribution in [0.2, 0.25) is 0 Å². The maximum Gasteiger partial charge on any atom is 0.0666 e. The SMILES string of the molecule is CCc1nn(C)cc1CNCc1ccc(C)cn1. The van der Waals surface area contributed by atoms with Gasteiger partial charge in [0.1, 0.15) is 0 Å².